The number of amides is 1. The van der Waals surface area contributed by atoms with Crippen LogP contribution in [-0.2, 0) is 4.79 Å². The van der Waals surface area contributed by atoms with E-state index in [2.05, 4.69) is 15.8 Å². The minimum absolute atomic E-state index is 0.133. The van der Waals surface area contributed by atoms with Crippen LogP contribution in [-0.4, -0.2) is 22.0 Å². The number of rotatable bonds is 3. The number of benzene rings is 1. The number of nitrogens with zero attached hydrogens (tertiary/aromatic N) is 1. The molecule has 1 amide bonds. The van der Waals surface area contributed by atoms with Crippen LogP contribution >= 0.6 is 0 Å². The summed E-state index contributed by atoms with van der Waals surface area (Å²) in [6.45, 7) is 1.34. The van der Waals surface area contributed by atoms with Crippen LogP contribution in [0.5, 0.6) is 0 Å². The molecular formula is C12H11N3O3. The van der Waals surface area contributed by atoms with Crippen molar-refractivity contribution in [2.24, 2.45) is 0 Å². The van der Waals surface area contributed by atoms with E-state index in [9.17, 15) is 9.59 Å². The molecule has 0 aliphatic rings. The lowest BCUT2D eigenvalue weighted by atomic mass is 10.1. The quantitative estimate of drug-likeness (QED) is 0.711. The molecule has 0 aliphatic carbocycles. The first-order chi connectivity index (χ1) is 8.58. The van der Waals surface area contributed by atoms with Crippen molar-refractivity contribution in [1.82, 2.24) is 10.4 Å². The summed E-state index contributed by atoms with van der Waals surface area (Å²) >= 11 is 0. The molecule has 0 radical (unpaired) electrons. The summed E-state index contributed by atoms with van der Waals surface area (Å²) < 4.78 is 0. The number of carbonyl (C=O) groups is 2. The van der Waals surface area contributed by atoms with Crippen LogP contribution in [0, 0.1) is 0 Å². The van der Waals surface area contributed by atoms with E-state index in [-0.39, 0.29) is 17.3 Å². The fourth-order valence-corrected chi connectivity index (χ4v) is 1.57. The van der Waals surface area contributed by atoms with Gasteiger partial charge in [-0.3, -0.25) is 15.6 Å². The molecule has 0 spiro atoms. The number of hydrogen-bond acceptors (Lipinski definition) is 4. The standard InChI is InChI=1S/C12H11N3O3/c1-7(16)14-15-11-6-9(12(17)18)8-4-2-3-5-10(8)13-11/h2-6H,1H3,(H,13,15)(H,14,16)(H,17,18). The van der Waals surface area contributed by atoms with E-state index in [1.807, 2.05) is 0 Å². The highest BCUT2D eigenvalue weighted by molar-refractivity contribution is 6.03. The maximum absolute atomic E-state index is 11.2. The third-order valence-electron chi connectivity index (χ3n) is 2.31. The summed E-state index contributed by atoms with van der Waals surface area (Å²) in [6, 6.07) is 8.29. The van der Waals surface area contributed by atoms with Crippen molar-refractivity contribution in [3.05, 3.63) is 35.9 Å². The van der Waals surface area contributed by atoms with Gasteiger partial charge in [-0.15, -0.1) is 0 Å². The van der Waals surface area contributed by atoms with Gasteiger partial charge in [0.1, 0.15) is 5.82 Å². The van der Waals surface area contributed by atoms with Crippen molar-refractivity contribution in [1.29, 1.82) is 0 Å². The number of carboxylic acid groups (broad SMARTS) is 1. The van der Waals surface area contributed by atoms with Gasteiger partial charge in [0.25, 0.3) is 0 Å². The Kier molecular flexibility index (Phi) is 3.09. The first kappa shape index (κ1) is 11.8. The van der Waals surface area contributed by atoms with E-state index >= 15 is 0 Å². The number of hydrogen-bond donors (Lipinski definition) is 3. The van der Waals surface area contributed by atoms with Crippen LogP contribution in [0.4, 0.5) is 5.82 Å². The lowest BCUT2D eigenvalue weighted by Gasteiger charge is -2.08. The van der Waals surface area contributed by atoms with E-state index in [0.717, 1.165) is 0 Å². The molecule has 0 saturated carbocycles. The maximum atomic E-state index is 11.2. The van der Waals surface area contributed by atoms with Gasteiger partial charge in [-0.05, 0) is 12.1 Å². The lowest BCUT2D eigenvalue weighted by molar-refractivity contribution is -0.118. The Morgan fingerprint density at radius 2 is 2.00 bits per heavy atom. The Hall–Kier alpha value is -2.63. The zero-order valence-corrected chi connectivity index (χ0v) is 9.60. The number of fused-ring (bicyclic) bond motifs is 1. The van der Waals surface area contributed by atoms with E-state index in [1.54, 1.807) is 24.3 Å². The largest absolute Gasteiger partial charge is 0.478 e. The number of aromatic carboxylic acids is 1. The van der Waals surface area contributed by atoms with Crippen LogP contribution in [0.3, 0.4) is 0 Å². The van der Waals surface area contributed by atoms with Crippen LogP contribution in [0.25, 0.3) is 10.9 Å². The van der Waals surface area contributed by atoms with Crippen molar-refractivity contribution in [2.75, 3.05) is 5.43 Å². The smallest absolute Gasteiger partial charge is 0.336 e. The molecule has 0 unspecified atom stereocenters. The van der Waals surface area contributed by atoms with Crippen molar-refractivity contribution >= 4 is 28.6 Å². The van der Waals surface area contributed by atoms with Gasteiger partial charge in [0.15, 0.2) is 0 Å². The fraction of sp³-hybridized carbons (Fsp3) is 0.0833. The normalized spacial score (nSPS) is 10.1. The number of para-hydroxylation sites is 1. The summed E-state index contributed by atoms with van der Waals surface area (Å²) in [5.41, 5.74) is 5.59. The van der Waals surface area contributed by atoms with Gasteiger partial charge in [0, 0.05) is 12.3 Å². The number of carbonyl (C=O) groups excluding carboxylic acids is 1. The average molecular weight is 245 g/mol. The van der Waals surface area contributed by atoms with Crippen LogP contribution in [0.15, 0.2) is 30.3 Å². The third kappa shape index (κ3) is 2.37. The number of anilines is 1. The maximum Gasteiger partial charge on any atom is 0.336 e. The molecule has 18 heavy (non-hydrogen) atoms. The third-order valence-corrected chi connectivity index (χ3v) is 2.31. The second-order valence-electron chi connectivity index (χ2n) is 3.68. The van der Waals surface area contributed by atoms with Crippen LogP contribution in [0.2, 0.25) is 0 Å². The molecule has 6 heteroatoms. The number of carboxylic acids is 1. The summed E-state index contributed by atoms with van der Waals surface area (Å²) in [6.07, 6.45) is 0. The molecule has 0 fully saturated rings. The molecule has 0 atom stereocenters. The summed E-state index contributed by atoms with van der Waals surface area (Å²) in [7, 11) is 0. The fourth-order valence-electron chi connectivity index (χ4n) is 1.57. The van der Waals surface area contributed by atoms with Gasteiger partial charge in [0.05, 0.1) is 11.1 Å². The SMILES string of the molecule is CC(=O)NNc1cc(C(=O)O)c2ccccc2n1. The molecule has 0 bridgehead atoms. The van der Waals surface area contributed by atoms with E-state index in [0.29, 0.717) is 10.9 Å². The minimum atomic E-state index is -1.04. The monoisotopic (exact) mass is 245 g/mol. The average Bonchev–Trinajstić information content (AvgIpc) is 2.35. The van der Waals surface area contributed by atoms with Crippen molar-refractivity contribution in [2.45, 2.75) is 6.92 Å². The Bertz CT molecular complexity index is 625. The van der Waals surface area contributed by atoms with Crippen molar-refractivity contribution in [3.63, 3.8) is 0 Å². The Labute approximate surface area is 103 Å². The van der Waals surface area contributed by atoms with Crippen molar-refractivity contribution < 1.29 is 14.7 Å². The van der Waals surface area contributed by atoms with Gasteiger partial charge in [-0.2, -0.15) is 0 Å². The Morgan fingerprint density at radius 3 is 2.67 bits per heavy atom. The molecule has 2 aromatic rings. The minimum Gasteiger partial charge on any atom is -0.478 e. The lowest BCUT2D eigenvalue weighted by Crippen LogP contribution is -2.27. The molecule has 92 valence electrons. The first-order valence-electron chi connectivity index (χ1n) is 5.23. The summed E-state index contributed by atoms with van der Waals surface area (Å²) in [5, 5.41) is 9.70. The predicted molar refractivity (Wildman–Crippen MR) is 66.1 cm³/mol. The Balaban J connectivity index is 2.50. The second-order valence-corrected chi connectivity index (χ2v) is 3.68. The molecule has 3 N–H and O–H groups in total. The number of aromatic nitrogens is 1. The highest BCUT2D eigenvalue weighted by Crippen LogP contribution is 2.20. The zero-order valence-electron chi connectivity index (χ0n) is 9.60. The molecule has 1 aromatic carbocycles. The molecular weight excluding hydrogens is 234 g/mol. The summed E-state index contributed by atoms with van der Waals surface area (Å²) in [5.74, 6) is -1.05. The first-order valence-corrected chi connectivity index (χ1v) is 5.23. The topological polar surface area (TPSA) is 91.3 Å². The highest BCUT2D eigenvalue weighted by atomic mass is 16.4. The van der Waals surface area contributed by atoms with Crippen LogP contribution < -0.4 is 10.9 Å². The Morgan fingerprint density at radius 1 is 1.28 bits per heavy atom. The van der Waals surface area contributed by atoms with Gasteiger partial charge in [-0.25, -0.2) is 9.78 Å². The number of nitrogens with one attached hydrogen (secondary N) is 2. The molecule has 0 aliphatic heterocycles. The van der Waals surface area contributed by atoms with Crippen molar-refractivity contribution in [3.8, 4) is 0 Å². The molecule has 0 saturated heterocycles. The van der Waals surface area contributed by atoms with Crippen LogP contribution in [0.1, 0.15) is 17.3 Å². The zero-order chi connectivity index (χ0) is 13.1. The van der Waals surface area contributed by atoms with Gasteiger partial charge >= 0.3 is 5.97 Å². The second kappa shape index (κ2) is 4.70. The molecule has 1 heterocycles. The van der Waals surface area contributed by atoms with Gasteiger partial charge in [0.2, 0.25) is 5.91 Å². The van der Waals surface area contributed by atoms with E-state index in [1.165, 1.54) is 13.0 Å². The predicted octanol–water partition coefficient (Wildman–Crippen LogP) is 1.40. The molecule has 6 nitrogen and oxygen atoms in total. The number of hydrazine groups is 1. The van der Waals surface area contributed by atoms with E-state index in [4.69, 9.17) is 5.11 Å². The summed E-state index contributed by atoms with van der Waals surface area (Å²) in [4.78, 5) is 26.1. The molecule has 2 rings (SSSR count). The van der Waals surface area contributed by atoms with Gasteiger partial charge in [-0.1, -0.05) is 18.2 Å². The van der Waals surface area contributed by atoms with E-state index < -0.39 is 5.97 Å². The van der Waals surface area contributed by atoms with Gasteiger partial charge < -0.3 is 5.11 Å². The highest BCUT2D eigenvalue weighted by Gasteiger charge is 2.11. The number of pyridine rings is 1. The molecule has 1 aromatic heterocycles.